The molecule has 0 aliphatic heterocycles. The molecule has 1 atom stereocenters. The number of nitrogens with zero attached hydrogens (tertiary/aromatic N) is 3. The van der Waals surface area contributed by atoms with Gasteiger partial charge in [0.2, 0.25) is 0 Å². The van der Waals surface area contributed by atoms with E-state index in [1.807, 2.05) is 26.0 Å². The maximum absolute atomic E-state index is 14.4. The van der Waals surface area contributed by atoms with Crippen LogP contribution in [0.2, 0.25) is 5.02 Å². The minimum Gasteiger partial charge on any atom is -0.466 e. The Morgan fingerprint density at radius 2 is 2.22 bits per heavy atom. The van der Waals surface area contributed by atoms with E-state index in [0.717, 1.165) is 11.8 Å². The summed E-state index contributed by atoms with van der Waals surface area (Å²) in [6.45, 7) is 5.81. The number of carbonyl (C=O) groups excluding carboxylic acids is 1. The first-order valence-electron chi connectivity index (χ1n) is 8.50. The zero-order valence-corrected chi connectivity index (χ0v) is 16.5. The number of hydrogen-bond acceptors (Lipinski definition) is 5. The summed E-state index contributed by atoms with van der Waals surface area (Å²) in [5.74, 6) is -1.03. The van der Waals surface area contributed by atoms with Crippen LogP contribution in [-0.2, 0) is 22.0 Å². The van der Waals surface area contributed by atoms with Gasteiger partial charge < -0.3 is 10.1 Å². The fourth-order valence-corrected chi connectivity index (χ4v) is 2.95. The number of carbonyl (C=O) groups is 1. The van der Waals surface area contributed by atoms with Gasteiger partial charge in [0.15, 0.2) is 0 Å². The highest BCUT2D eigenvalue weighted by atomic mass is 35.5. The number of aryl methyl sites for hydroxylation is 1. The average Bonchev–Trinajstić information content (AvgIpc) is 3.04. The first-order chi connectivity index (χ1) is 12.7. The molecular formula is C19H22ClFN4O2. The van der Waals surface area contributed by atoms with Crippen LogP contribution >= 0.6 is 11.6 Å². The number of ether oxygens (including phenoxy) is 1. The molecule has 27 heavy (non-hydrogen) atoms. The van der Waals surface area contributed by atoms with Crippen molar-refractivity contribution in [3.63, 3.8) is 0 Å². The van der Waals surface area contributed by atoms with Crippen molar-refractivity contribution in [1.29, 1.82) is 5.26 Å². The molecule has 1 aromatic carbocycles. The van der Waals surface area contributed by atoms with Crippen molar-refractivity contribution in [2.24, 2.45) is 7.05 Å². The predicted octanol–water partition coefficient (Wildman–Crippen LogP) is 3.80. The number of hydrogen-bond donors (Lipinski definition) is 1. The Hall–Kier alpha value is -2.59. The molecule has 1 aromatic heterocycles. The predicted molar refractivity (Wildman–Crippen MR) is 101 cm³/mol. The topological polar surface area (TPSA) is 79.9 Å². The summed E-state index contributed by atoms with van der Waals surface area (Å²) in [5, 5.41) is 16.6. The SMILES string of the molecule is CCOC(=O)CC(Nc1cc(Cl)c(C#N)cc1F)C(C)(C)c1ccn(C)n1. The Morgan fingerprint density at radius 1 is 1.52 bits per heavy atom. The summed E-state index contributed by atoms with van der Waals surface area (Å²) in [6, 6.07) is 5.58. The third-order valence-electron chi connectivity index (χ3n) is 4.43. The van der Waals surface area contributed by atoms with E-state index in [2.05, 4.69) is 10.4 Å². The van der Waals surface area contributed by atoms with Crippen LogP contribution in [0, 0.1) is 17.1 Å². The number of nitrogens with one attached hydrogen (secondary N) is 1. The van der Waals surface area contributed by atoms with Crippen molar-refractivity contribution < 1.29 is 13.9 Å². The molecule has 0 saturated carbocycles. The van der Waals surface area contributed by atoms with E-state index in [-0.39, 0.29) is 29.3 Å². The first kappa shape index (κ1) is 20.7. The smallest absolute Gasteiger partial charge is 0.307 e. The van der Waals surface area contributed by atoms with E-state index in [0.29, 0.717) is 0 Å². The van der Waals surface area contributed by atoms with Crippen LogP contribution in [0.25, 0.3) is 0 Å². The van der Waals surface area contributed by atoms with E-state index in [4.69, 9.17) is 21.6 Å². The van der Waals surface area contributed by atoms with Crippen LogP contribution in [0.1, 0.15) is 38.4 Å². The molecule has 0 saturated heterocycles. The summed E-state index contributed by atoms with van der Waals surface area (Å²) in [4.78, 5) is 12.1. The van der Waals surface area contributed by atoms with Crippen LogP contribution in [0.4, 0.5) is 10.1 Å². The van der Waals surface area contributed by atoms with Gasteiger partial charge in [0.05, 0.1) is 35.0 Å². The van der Waals surface area contributed by atoms with Gasteiger partial charge in [-0.3, -0.25) is 9.48 Å². The lowest BCUT2D eigenvalue weighted by Crippen LogP contribution is -2.42. The van der Waals surface area contributed by atoms with E-state index >= 15 is 0 Å². The molecule has 1 unspecified atom stereocenters. The zero-order chi connectivity index (χ0) is 20.2. The van der Waals surface area contributed by atoms with Crippen molar-refractivity contribution in [3.8, 4) is 6.07 Å². The zero-order valence-electron chi connectivity index (χ0n) is 15.7. The Bertz CT molecular complexity index is 873. The van der Waals surface area contributed by atoms with E-state index in [1.54, 1.807) is 24.9 Å². The fourth-order valence-electron chi connectivity index (χ4n) is 2.74. The van der Waals surface area contributed by atoms with Gasteiger partial charge in [-0.15, -0.1) is 0 Å². The number of rotatable bonds is 7. The molecule has 0 radical (unpaired) electrons. The van der Waals surface area contributed by atoms with Crippen LogP contribution in [0.3, 0.4) is 0 Å². The van der Waals surface area contributed by atoms with E-state index < -0.39 is 23.2 Å². The fraction of sp³-hybridized carbons (Fsp3) is 0.421. The van der Waals surface area contributed by atoms with Crippen LogP contribution in [0.5, 0.6) is 0 Å². The lowest BCUT2D eigenvalue weighted by molar-refractivity contribution is -0.143. The summed E-state index contributed by atoms with van der Waals surface area (Å²) in [6.07, 6.45) is 1.81. The molecule has 6 nitrogen and oxygen atoms in total. The molecule has 0 spiro atoms. The minimum atomic E-state index is -0.624. The van der Waals surface area contributed by atoms with Gasteiger partial charge in [0.25, 0.3) is 0 Å². The van der Waals surface area contributed by atoms with Crippen molar-refractivity contribution in [3.05, 3.63) is 46.5 Å². The normalized spacial score (nSPS) is 12.3. The first-order valence-corrected chi connectivity index (χ1v) is 8.88. The third kappa shape index (κ3) is 4.77. The van der Waals surface area contributed by atoms with Crippen molar-refractivity contribution in [2.45, 2.75) is 38.6 Å². The Balaban J connectivity index is 2.40. The summed E-state index contributed by atoms with van der Waals surface area (Å²) >= 11 is 6.04. The molecule has 0 aliphatic carbocycles. The number of anilines is 1. The van der Waals surface area contributed by atoms with Gasteiger partial charge in [-0.05, 0) is 25.1 Å². The van der Waals surface area contributed by atoms with Gasteiger partial charge in [-0.25, -0.2) is 4.39 Å². The Morgan fingerprint density at radius 3 is 2.78 bits per heavy atom. The highest BCUT2D eigenvalue weighted by Crippen LogP contribution is 2.32. The van der Waals surface area contributed by atoms with Gasteiger partial charge in [0.1, 0.15) is 11.9 Å². The van der Waals surface area contributed by atoms with E-state index in [9.17, 15) is 9.18 Å². The monoisotopic (exact) mass is 392 g/mol. The molecule has 1 N–H and O–H groups in total. The summed E-state index contributed by atoms with van der Waals surface area (Å²) < 4.78 is 21.2. The Kier molecular flexibility index (Phi) is 6.45. The highest BCUT2D eigenvalue weighted by molar-refractivity contribution is 6.32. The second-order valence-corrected chi connectivity index (χ2v) is 7.13. The van der Waals surface area contributed by atoms with Crippen LogP contribution < -0.4 is 5.32 Å². The van der Waals surface area contributed by atoms with Crippen LogP contribution in [0.15, 0.2) is 24.4 Å². The second kappa shape index (κ2) is 8.40. The largest absolute Gasteiger partial charge is 0.466 e. The summed E-state index contributed by atoms with van der Waals surface area (Å²) in [7, 11) is 1.80. The molecular weight excluding hydrogens is 371 g/mol. The number of nitriles is 1. The average molecular weight is 393 g/mol. The van der Waals surface area contributed by atoms with Gasteiger partial charge >= 0.3 is 5.97 Å². The maximum Gasteiger partial charge on any atom is 0.307 e. The third-order valence-corrected chi connectivity index (χ3v) is 4.74. The lowest BCUT2D eigenvalue weighted by Gasteiger charge is -2.34. The van der Waals surface area contributed by atoms with Crippen LogP contribution in [-0.4, -0.2) is 28.4 Å². The highest BCUT2D eigenvalue weighted by Gasteiger charge is 2.36. The number of benzene rings is 1. The van der Waals surface area contributed by atoms with Crippen molar-refractivity contribution in [2.75, 3.05) is 11.9 Å². The molecule has 2 aromatic rings. The second-order valence-electron chi connectivity index (χ2n) is 6.73. The Labute approximate surface area is 162 Å². The number of aromatic nitrogens is 2. The number of esters is 1. The molecule has 8 heteroatoms. The van der Waals surface area contributed by atoms with Gasteiger partial charge in [0, 0.05) is 24.7 Å². The lowest BCUT2D eigenvalue weighted by atomic mass is 9.79. The quantitative estimate of drug-likeness (QED) is 0.725. The van der Waals surface area contributed by atoms with Gasteiger partial charge in [-0.2, -0.15) is 10.4 Å². The van der Waals surface area contributed by atoms with E-state index in [1.165, 1.54) is 6.07 Å². The number of halogens is 2. The maximum atomic E-state index is 14.4. The molecule has 1 heterocycles. The van der Waals surface area contributed by atoms with Crippen molar-refractivity contribution in [1.82, 2.24) is 9.78 Å². The molecule has 0 aliphatic rings. The minimum absolute atomic E-state index is 0.00841. The standard InChI is InChI=1S/C19H22ClFN4O2/c1-5-27-18(26)10-17(19(2,3)16-6-7-25(4)24-16)23-15-9-13(20)12(11-22)8-14(15)21/h6-9,17,23H,5,10H2,1-4H3. The molecule has 144 valence electrons. The molecule has 0 fully saturated rings. The molecule has 2 rings (SSSR count). The molecule has 0 amide bonds. The summed E-state index contributed by atoms with van der Waals surface area (Å²) in [5.41, 5.74) is 0.274. The molecule has 0 bridgehead atoms. The van der Waals surface area contributed by atoms with Crippen molar-refractivity contribution >= 4 is 23.3 Å². The van der Waals surface area contributed by atoms with Gasteiger partial charge in [-0.1, -0.05) is 25.4 Å².